The molecule has 1 aliphatic rings. The van der Waals surface area contributed by atoms with Gasteiger partial charge in [0.1, 0.15) is 5.70 Å². The van der Waals surface area contributed by atoms with E-state index in [1.807, 2.05) is 0 Å². The van der Waals surface area contributed by atoms with Crippen molar-refractivity contribution in [2.45, 2.75) is 6.92 Å². The minimum atomic E-state index is -0.421. The van der Waals surface area contributed by atoms with Gasteiger partial charge < -0.3 is 22.9 Å². The van der Waals surface area contributed by atoms with Gasteiger partial charge >= 0.3 is 0 Å². The molecule has 88 valence electrons. The maximum absolute atomic E-state index is 12.0. The number of rotatable bonds is 0. The molecule has 0 spiro atoms. The van der Waals surface area contributed by atoms with Crippen molar-refractivity contribution < 1.29 is 4.79 Å². The van der Waals surface area contributed by atoms with Gasteiger partial charge in [0.05, 0.1) is 16.1 Å². The lowest BCUT2D eigenvalue weighted by Gasteiger charge is -2.22. The number of fused-ring (bicyclic) bond motifs is 1. The summed E-state index contributed by atoms with van der Waals surface area (Å²) in [5.74, 6) is -0.421. The van der Waals surface area contributed by atoms with Crippen LogP contribution in [0, 0.1) is 6.92 Å². The van der Waals surface area contributed by atoms with Crippen molar-refractivity contribution in [3.05, 3.63) is 34.2 Å². The van der Waals surface area contributed by atoms with E-state index < -0.39 is 5.78 Å². The van der Waals surface area contributed by atoms with Crippen molar-refractivity contribution in [2.24, 2.45) is 11.5 Å². The SMILES string of the molecule is Cc1cc(N)c2c(c1N)C(=S)C(N)=C(N)C2=O. The second kappa shape index (κ2) is 3.46. The number of carbonyl (C=O) groups excluding carboxylic acids is 1. The fourth-order valence-corrected chi connectivity index (χ4v) is 2.18. The standard InChI is InChI=1S/C11H12N4OS/c1-3-2-4(12)5-6(7(3)13)11(17)9(15)8(14)10(5)16/h2H,12-15H2,1H3. The molecule has 1 aromatic rings. The van der Waals surface area contributed by atoms with Crippen molar-refractivity contribution in [1.29, 1.82) is 0 Å². The van der Waals surface area contributed by atoms with E-state index in [1.165, 1.54) is 0 Å². The average molecular weight is 248 g/mol. The molecule has 0 aromatic heterocycles. The third-order valence-corrected chi connectivity index (χ3v) is 3.26. The maximum atomic E-state index is 12.0. The summed E-state index contributed by atoms with van der Waals surface area (Å²) in [6.07, 6.45) is 0. The molecular formula is C11H12N4OS. The summed E-state index contributed by atoms with van der Waals surface area (Å²) >= 11 is 5.17. The van der Waals surface area contributed by atoms with Crippen molar-refractivity contribution in [1.82, 2.24) is 0 Å². The average Bonchev–Trinajstić information content (AvgIpc) is 2.28. The predicted molar refractivity (Wildman–Crippen MR) is 71.4 cm³/mol. The van der Waals surface area contributed by atoms with Crippen LogP contribution in [0.2, 0.25) is 0 Å². The number of hydrogen-bond acceptors (Lipinski definition) is 6. The second-order valence-electron chi connectivity index (χ2n) is 3.93. The van der Waals surface area contributed by atoms with E-state index in [9.17, 15) is 4.79 Å². The van der Waals surface area contributed by atoms with E-state index in [4.69, 9.17) is 35.2 Å². The van der Waals surface area contributed by atoms with E-state index >= 15 is 0 Å². The third kappa shape index (κ3) is 1.38. The molecule has 0 bridgehead atoms. The first kappa shape index (κ1) is 11.4. The number of benzene rings is 1. The highest BCUT2D eigenvalue weighted by atomic mass is 32.1. The lowest BCUT2D eigenvalue weighted by atomic mass is 9.87. The molecule has 5 nitrogen and oxygen atoms in total. The van der Waals surface area contributed by atoms with Crippen molar-refractivity contribution in [3.63, 3.8) is 0 Å². The van der Waals surface area contributed by atoms with Crippen LogP contribution < -0.4 is 22.9 Å². The van der Waals surface area contributed by atoms with Crippen LogP contribution in [0.1, 0.15) is 21.5 Å². The first-order valence-corrected chi connectivity index (χ1v) is 5.30. The second-order valence-corrected chi connectivity index (χ2v) is 4.34. The molecule has 2 rings (SSSR count). The summed E-state index contributed by atoms with van der Waals surface area (Å²) in [7, 11) is 0. The monoisotopic (exact) mass is 248 g/mol. The first-order chi connectivity index (χ1) is 7.86. The summed E-state index contributed by atoms with van der Waals surface area (Å²) < 4.78 is 0. The molecule has 0 radical (unpaired) electrons. The lowest BCUT2D eigenvalue weighted by molar-refractivity contribution is 0.103. The number of nitrogens with two attached hydrogens (primary N) is 4. The maximum Gasteiger partial charge on any atom is 0.213 e. The van der Waals surface area contributed by atoms with Crippen molar-refractivity contribution in [2.75, 3.05) is 11.5 Å². The zero-order valence-electron chi connectivity index (χ0n) is 9.20. The number of Topliss-reactive ketones (excluding diaryl/α,β-unsaturated/α-hetero) is 1. The number of hydrogen-bond donors (Lipinski definition) is 4. The lowest BCUT2D eigenvalue weighted by Crippen LogP contribution is -2.31. The Labute approximate surface area is 103 Å². The van der Waals surface area contributed by atoms with Crippen LogP contribution >= 0.6 is 12.2 Å². The quantitative estimate of drug-likeness (QED) is 0.384. The molecule has 6 heteroatoms. The molecule has 17 heavy (non-hydrogen) atoms. The third-order valence-electron chi connectivity index (χ3n) is 2.84. The van der Waals surface area contributed by atoms with Gasteiger partial charge in [-0.2, -0.15) is 0 Å². The zero-order chi connectivity index (χ0) is 12.9. The number of thiocarbonyl (C=S) groups is 1. The molecule has 0 amide bonds. The highest BCUT2D eigenvalue weighted by Gasteiger charge is 2.31. The topological polar surface area (TPSA) is 121 Å². The summed E-state index contributed by atoms with van der Waals surface area (Å²) in [6.45, 7) is 1.79. The number of nitrogen functional groups attached to an aromatic ring is 2. The van der Waals surface area contributed by atoms with Gasteiger partial charge in [0.2, 0.25) is 5.78 Å². The zero-order valence-corrected chi connectivity index (χ0v) is 10.0. The Hall–Kier alpha value is -2.08. The minimum absolute atomic E-state index is 0.0718. The van der Waals surface area contributed by atoms with Gasteiger partial charge in [-0.25, -0.2) is 0 Å². The Morgan fingerprint density at radius 2 is 1.65 bits per heavy atom. The van der Waals surface area contributed by atoms with Gasteiger partial charge in [0, 0.05) is 16.9 Å². The number of anilines is 2. The van der Waals surface area contributed by atoms with E-state index in [0.717, 1.165) is 5.56 Å². The van der Waals surface area contributed by atoms with E-state index in [0.29, 0.717) is 16.9 Å². The van der Waals surface area contributed by atoms with Crippen LogP contribution in [0.15, 0.2) is 17.5 Å². The largest absolute Gasteiger partial charge is 0.398 e. The van der Waals surface area contributed by atoms with Crippen LogP contribution in [-0.4, -0.2) is 10.6 Å². The smallest absolute Gasteiger partial charge is 0.213 e. The van der Waals surface area contributed by atoms with Crippen LogP contribution in [-0.2, 0) is 0 Å². The van der Waals surface area contributed by atoms with Crippen LogP contribution in [0.5, 0.6) is 0 Å². The molecule has 0 aliphatic heterocycles. The number of aryl methyl sites for hydroxylation is 1. The van der Waals surface area contributed by atoms with Gasteiger partial charge in [-0.1, -0.05) is 12.2 Å². The molecule has 1 aromatic carbocycles. The van der Waals surface area contributed by atoms with Crippen molar-refractivity contribution in [3.8, 4) is 0 Å². The summed E-state index contributed by atoms with van der Waals surface area (Å²) in [5, 5.41) is 0. The van der Waals surface area contributed by atoms with E-state index in [2.05, 4.69) is 0 Å². The van der Waals surface area contributed by atoms with Crippen LogP contribution in [0.25, 0.3) is 0 Å². The molecule has 1 aliphatic carbocycles. The molecule has 0 heterocycles. The molecular weight excluding hydrogens is 236 g/mol. The van der Waals surface area contributed by atoms with Gasteiger partial charge in [-0.3, -0.25) is 4.79 Å². The number of carbonyl (C=O) groups is 1. The molecule has 0 unspecified atom stereocenters. The van der Waals surface area contributed by atoms with Crippen LogP contribution in [0.4, 0.5) is 11.4 Å². The molecule has 0 saturated carbocycles. The molecule has 0 fully saturated rings. The Morgan fingerprint density at radius 1 is 1.06 bits per heavy atom. The van der Waals surface area contributed by atoms with E-state index in [1.54, 1.807) is 13.0 Å². The number of ketones is 1. The van der Waals surface area contributed by atoms with Crippen molar-refractivity contribution >= 4 is 34.2 Å². The van der Waals surface area contributed by atoms with Gasteiger partial charge in [0.25, 0.3) is 0 Å². The Morgan fingerprint density at radius 3 is 2.24 bits per heavy atom. The summed E-state index contributed by atoms with van der Waals surface area (Å²) in [4.78, 5) is 12.3. The minimum Gasteiger partial charge on any atom is -0.398 e. The summed E-state index contributed by atoms with van der Waals surface area (Å²) in [6, 6.07) is 1.63. The predicted octanol–water partition coefficient (Wildman–Crippen LogP) is 0.203. The fraction of sp³-hybridized carbons (Fsp3) is 0.0909. The fourth-order valence-electron chi connectivity index (χ4n) is 1.85. The van der Waals surface area contributed by atoms with Gasteiger partial charge in [-0.05, 0) is 18.6 Å². The van der Waals surface area contributed by atoms with Gasteiger partial charge in [0.15, 0.2) is 0 Å². The van der Waals surface area contributed by atoms with Crippen LogP contribution in [0.3, 0.4) is 0 Å². The summed E-state index contributed by atoms with van der Waals surface area (Å²) in [5.41, 5.74) is 25.2. The molecule has 8 N–H and O–H groups in total. The Kier molecular flexibility index (Phi) is 2.32. The highest BCUT2D eigenvalue weighted by Crippen LogP contribution is 2.33. The Bertz CT molecular complexity index is 604. The molecule has 0 saturated heterocycles. The number of allylic oxidation sites excluding steroid dienone is 2. The van der Waals surface area contributed by atoms with Gasteiger partial charge in [-0.15, -0.1) is 0 Å². The molecule has 0 atom stereocenters. The first-order valence-electron chi connectivity index (χ1n) is 4.89. The normalized spacial score (nSPS) is 15.1. The van der Waals surface area contributed by atoms with E-state index in [-0.39, 0.29) is 21.8 Å². The highest BCUT2D eigenvalue weighted by molar-refractivity contribution is 7.81. The Balaban J connectivity index is 2.90.